The zero-order valence-corrected chi connectivity index (χ0v) is 31.4. The zero-order valence-electron chi connectivity index (χ0n) is 29.8. The van der Waals surface area contributed by atoms with Crippen LogP contribution in [-0.2, 0) is 21.7 Å². The Kier molecular flexibility index (Phi) is 13.7. The van der Waals surface area contributed by atoms with Gasteiger partial charge in [0.2, 0.25) is 5.91 Å². The van der Waals surface area contributed by atoms with Gasteiger partial charge < -0.3 is 45.0 Å². The number of nitrogens with zero attached hydrogens (tertiary/aromatic N) is 2. The molecule has 0 bridgehead atoms. The molecule has 13 heteroatoms. The normalized spacial score (nSPS) is 21.7. The van der Waals surface area contributed by atoms with Crippen molar-refractivity contribution in [3.63, 3.8) is 0 Å². The number of carbonyl (C=O) groups excluding carboxylic acids is 1. The second-order valence-electron chi connectivity index (χ2n) is 14.5. The molecule has 0 saturated heterocycles. The number of aliphatic hydroxyl groups excluding tert-OH is 6. The second kappa shape index (κ2) is 18.2. The lowest BCUT2D eigenvalue weighted by atomic mass is 9.91. The minimum Gasteiger partial charge on any atom is -0.490 e. The van der Waals surface area contributed by atoms with E-state index in [1.165, 1.54) is 4.90 Å². The molecule has 11 nitrogen and oxygen atoms in total. The number of ether oxygens (including phenoxy) is 2. The van der Waals surface area contributed by atoms with Crippen LogP contribution in [0.1, 0.15) is 75.3 Å². The predicted molar refractivity (Wildman–Crippen MR) is 202 cm³/mol. The summed E-state index contributed by atoms with van der Waals surface area (Å²) in [7, 11) is 0. The van der Waals surface area contributed by atoms with Crippen molar-refractivity contribution in [1.82, 2.24) is 9.88 Å². The topological polar surface area (TPSA) is 173 Å². The van der Waals surface area contributed by atoms with Crippen LogP contribution in [0.25, 0.3) is 11.1 Å². The second-order valence-corrected chi connectivity index (χ2v) is 16.1. The molecule has 3 saturated carbocycles. The highest BCUT2D eigenvalue weighted by molar-refractivity contribution is 7.99. The molecule has 3 aromatic rings. The highest BCUT2D eigenvalue weighted by Gasteiger charge is 2.48. The lowest BCUT2D eigenvalue weighted by Crippen LogP contribution is -2.53. The van der Waals surface area contributed by atoms with E-state index in [0.29, 0.717) is 49.5 Å². The number of halogens is 1. The fourth-order valence-corrected chi connectivity index (χ4v) is 8.06. The molecule has 0 unspecified atom stereocenters. The number of amides is 1. The van der Waals surface area contributed by atoms with E-state index in [4.69, 9.17) is 26.2 Å². The van der Waals surface area contributed by atoms with E-state index in [9.17, 15) is 30.3 Å². The fraction of sp³-hybridized carbons (Fsp3) is 0.550. The van der Waals surface area contributed by atoms with Crippen LogP contribution < -0.4 is 4.74 Å². The summed E-state index contributed by atoms with van der Waals surface area (Å²) in [6.45, 7) is -0.706. The quantitative estimate of drug-likeness (QED) is 0.0744. The average Bonchev–Trinajstić information content (AvgIpc) is 4.13. The minimum atomic E-state index is -1.77. The summed E-state index contributed by atoms with van der Waals surface area (Å²) in [5.41, 5.74) is 3.53. The molecule has 0 radical (unpaired) electrons. The molecule has 1 amide bonds. The summed E-state index contributed by atoms with van der Waals surface area (Å²) >= 11 is 8.26. The first kappa shape index (κ1) is 39.9. The Labute approximate surface area is 319 Å². The standard InChI is InChI=1S/C40H51ClN2O9S/c41-33-14-13-29(53-19-3-6-37(48)43(26-7-9-27(45)10-8-26)22-34(46)38(49)39(50)35(47)23-44)20-25(33)24-51-40(16-17-40)32-21-42-18-15-30(32)31-4-1-2-5-36(31)52-28-11-12-28/h1-2,4-5,13-15,18,20-21,26-28,34-35,38-39,44-47,49-50H,3,6-12,16-17,19,22-24H2/t26-,27-,34-,35+,38+,39+/m1/s1. The van der Waals surface area contributed by atoms with Crippen molar-refractivity contribution in [2.45, 2.75) is 124 Å². The van der Waals surface area contributed by atoms with Crippen molar-refractivity contribution in [2.24, 2.45) is 0 Å². The number of hydrogen-bond acceptors (Lipinski definition) is 11. The third-order valence-corrected chi connectivity index (χ3v) is 11.9. The van der Waals surface area contributed by atoms with E-state index in [0.717, 1.165) is 58.6 Å². The minimum absolute atomic E-state index is 0.199. The van der Waals surface area contributed by atoms with Crippen molar-refractivity contribution >= 4 is 29.3 Å². The average molecular weight is 771 g/mol. The van der Waals surface area contributed by atoms with Crippen molar-refractivity contribution in [1.29, 1.82) is 0 Å². The van der Waals surface area contributed by atoms with Crippen LogP contribution in [0.2, 0.25) is 5.02 Å². The number of para-hydroxylation sites is 1. The summed E-state index contributed by atoms with van der Waals surface area (Å²) < 4.78 is 12.9. The smallest absolute Gasteiger partial charge is 0.222 e. The maximum Gasteiger partial charge on any atom is 0.222 e. The molecule has 0 spiro atoms. The molecule has 3 aliphatic carbocycles. The van der Waals surface area contributed by atoms with Gasteiger partial charge in [-0.1, -0.05) is 29.8 Å². The lowest BCUT2D eigenvalue weighted by Gasteiger charge is -2.38. The van der Waals surface area contributed by atoms with Gasteiger partial charge in [-0.3, -0.25) is 9.78 Å². The third kappa shape index (κ3) is 10.3. The summed E-state index contributed by atoms with van der Waals surface area (Å²) in [6, 6.07) is 15.8. The number of hydrogen-bond donors (Lipinski definition) is 6. The molecule has 53 heavy (non-hydrogen) atoms. The van der Waals surface area contributed by atoms with Crippen LogP contribution in [0.15, 0.2) is 65.8 Å². The van der Waals surface area contributed by atoms with E-state index in [1.807, 2.05) is 48.7 Å². The summed E-state index contributed by atoms with van der Waals surface area (Å²) in [4.78, 5) is 20.5. The van der Waals surface area contributed by atoms with Gasteiger partial charge in [-0.25, -0.2) is 0 Å². The maximum atomic E-state index is 13.5. The Morgan fingerprint density at radius 1 is 0.962 bits per heavy atom. The molecule has 0 aliphatic heterocycles. The highest BCUT2D eigenvalue weighted by Crippen LogP contribution is 2.53. The maximum absolute atomic E-state index is 13.5. The summed E-state index contributed by atoms with van der Waals surface area (Å²) in [5.74, 6) is 1.32. The molecular formula is C40H51ClN2O9S. The predicted octanol–water partition coefficient (Wildman–Crippen LogP) is 4.59. The van der Waals surface area contributed by atoms with Crippen molar-refractivity contribution in [3.05, 3.63) is 77.1 Å². The van der Waals surface area contributed by atoms with Crippen molar-refractivity contribution < 1.29 is 44.9 Å². The van der Waals surface area contributed by atoms with E-state index in [1.54, 1.807) is 18.0 Å². The van der Waals surface area contributed by atoms with E-state index < -0.39 is 42.7 Å². The number of pyridine rings is 1. The van der Waals surface area contributed by atoms with Crippen LogP contribution in [0.3, 0.4) is 0 Å². The highest BCUT2D eigenvalue weighted by atomic mass is 35.5. The summed E-state index contributed by atoms with van der Waals surface area (Å²) in [6.07, 6.45) is 3.63. The van der Waals surface area contributed by atoms with Crippen LogP contribution in [-0.4, -0.2) is 108 Å². The van der Waals surface area contributed by atoms with Gasteiger partial charge in [-0.15, -0.1) is 11.8 Å². The first-order chi connectivity index (χ1) is 25.6. The van der Waals surface area contributed by atoms with E-state index in [2.05, 4.69) is 11.1 Å². The fourth-order valence-electron chi connectivity index (χ4n) is 6.98. The molecule has 3 aliphatic rings. The number of thioether (sulfide) groups is 1. The van der Waals surface area contributed by atoms with Crippen molar-refractivity contribution in [2.75, 3.05) is 18.9 Å². The number of aliphatic hydroxyl groups is 6. The van der Waals surface area contributed by atoms with Gasteiger partial charge in [0.05, 0.1) is 31.0 Å². The molecule has 4 atom stereocenters. The largest absolute Gasteiger partial charge is 0.490 e. The lowest BCUT2D eigenvalue weighted by molar-refractivity contribution is -0.144. The Hall–Kier alpha value is -2.78. The van der Waals surface area contributed by atoms with Gasteiger partial charge in [0, 0.05) is 52.4 Å². The first-order valence-electron chi connectivity index (χ1n) is 18.6. The molecule has 3 fully saturated rings. The zero-order chi connectivity index (χ0) is 37.5. The molecule has 2 aromatic carbocycles. The van der Waals surface area contributed by atoms with Gasteiger partial charge in [0.15, 0.2) is 0 Å². The van der Waals surface area contributed by atoms with Crippen LogP contribution >= 0.6 is 23.4 Å². The van der Waals surface area contributed by atoms with Gasteiger partial charge in [-0.05, 0) is 105 Å². The summed E-state index contributed by atoms with van der Waals surface area (Å²) in [5, 5.41) is 60.7. The molecule has 1 aromatic heterocycles. The Morgan fingerprint density at radius 3 is 2.42 bits per heavy atom. The van der Waals surface area contributed by atoms with Crippen LogP contribution in [0.5, 0.6) is 5.75 Å². The van der Waals surface area contributed by atoms with Crippen LogP contribution in [0.4, 0.5) is 0 Å². The van der Waals surface area contributed by atoms with E-state index >= 15 is 0 Å². The molecule has 1 heterocycles. The number of rotatable bonds is 19. The van der Waals surface area contributed by atoms with Crippen molar-refractivity contribution in [3.8, 4) is 16.9 Å². The molecule has 288 valence electrons. The number of carbonyl (C=O) groups is 1. The van der Waals surface area contributed by atoms with Gasteiger partial charge >= 0.3 is 0 Å². The Balaban J connectivity index is 1.05. The van der Waals surface area contributed by atoms with Gasteiger partial charge in [0.25, 0.3) is 0 Å². The number of aromatic nitrogens is 1. The Bertz CT molecular complexity index is 1670. The van der Waals surface area contributed by atoms with Gasteiger partial charge in [-0.2, -0.15) is 0 Å². The molecular weight excluding hydrogens is 720 g/mol. The number of benzene rings is 2. The third-order valence-electron chi connectivity index (χ3n) is 10.5. The van der Waals surface area contributed by atoms with Gasteiger partial charge in [0.1, 0.15) is 30.2 Å². The van der Waals surface area contributed by atoms with Crippen LogP contribution in [0, 0.1) is 0 Å². The first-order valence-corrected chi connectivity index (χ1v) is 20.0. The molecule has 6 N–H and O–H groups in total. The van der Waals surface area contributed by atoms with E-state index in [-0.39, 0.29) is 31.0 Å². The monoisotopic (exact) mass is 770 g/mol. The Morgan fingerprint density at radius 2 is 1.70 bits per heavy atom. The SMILES string of the molecule is O=C(CCCSc1ccc(Cl)c(COC2(c3cnccc3-c3ccccc3OC3CC3)CC2)c1)N(C[C@@H](O)[C@H](O)[C@@H](O)[C@@H](O)CO)[C@H]1CC[C@H](O)CC1. The molecule has 6 rings (SSSR count).